The lowest BCUT2D eigenvalue weighted by molar-refractivity contribution is -0.693. The molecular weight excluding hydrogens is 429 g/mol. The van der Waals surface area contributed by atoms with Gasteiger partial charge in [-0.25, -0.2) is 18.9 Å². The Balaban J connectivity index is 0.00000256. The molecule has 3 aromatic rings. The third kappa shape index (κ3) is 3.93. The van der Waals surface area contributed by atoms with E-state index in [0.29, 0.717) is 5.02 Å². The van der Waals surface area contributed by atoms with Gasteiger partial charge in [0.25, 0.3) is 11.4 Å². The zero-order valence-electron chi connectivity index (χ0n) is 16.5. The molecule has 0 spiro atoms. The first-order valence-electron chi connectivity index (χ1n) is 9.24. The lowest BCUT2D eigenvalue weighted by Gasteiger charge is -2.11. The van der Waals surface area contributed by atoms with Crippen LogP contribution in [0.4, 0.5) is 5.82 Å². The fourth-order valence-corrected chi connectivity index (χ4v) is 3.76. The molecule has 2 aromatic heterocycles. The molecule has 3 heterocycles. The molecule has 4 rings (SSSR count). The number of imidazole rings is 1. The topological polar surface area (TPSA) is 88.2 Å². The van der Waals surface area contributed by atoms with Crippen LogP contribution in [0, 0.1) is 0 Å². The summed E-state index contributed by atoms with van der Waals surface area (Å²) in [5.41, 5.74) is 1.02. The maximum absolute atomic E-state index is 12.6. The van der Waals surface area contributed by atoms with Gasteiger partial charge >= 0.3 is 5.69 Å². The molecule has 30 heavy (non-hydrogen) atoms. The molecule has 0 saturated heterocycles. The highest BCUT2D eigenvalue weighted by molar-refractivity contribution is 6.30. The molecule has 0 aliphatic carbocycles. The van der Waals surface area contributed by atoms with Crippen molar-refractivity contribution in [2.75, 3.05) is 0 Å². The average molecular weight is 450 g/mol. The highest BCUT2D eigenvalue weighted by Crippen LogP contribution is 2.25. The Morgan fingerprint density at radius 3 is 2.60 bits per heavy atom. The average Bonchev–Trinajstić information content (AvgIpc) is 3.29. The van der Waals surface area contributed by atoms with Crippen LogP contribution in [0.25, 0.3) is 11.3 Å². The molecule has 0 saturated carbocycles. The van der Waals surface area contributed by atoms with Crippen molar-refractivity contribution < 1.29 is 9.67 Å². The second-order valence-corrected chi connectivity index (χ2v) is 7.50. The van der Waals surface area contributed by atoms with Crippen molar-refractivity contribution in [2.24, 2.45) is 19.1 Å². The predicted octanol–water partition coefficient (Wildman–Crippen LogP) is 0.952. The van der Waals surface area contributed by atoms with Gasteiger partial charge in [-0.05, 0) is 30.7 Å². The van der Waals surface area contributed by atoms with Crippen LogP contribution in [0.1, 0.15) is 12.2 Å². The molecule has 0 N–H and O–H groups in total. The number of nitrogens with zero attached hydrogens (tertiary/aromatic N) is 5. The fraction of sp³-hybridized carbons (Fsp3) is 0.300. The van der Waals surface area contributed by atoms with E-state index in [0.717, 1.165) is 41.0 Å². The first-order chi connectivity index (χ1) is 13.8. The van der Waals surface area contributed by atoms with E-state index in [1.54, 1.807) is 0 Å². The Kier molecular flexibility index (Phi) is 6.19. The maximum Gasteiger partial charge on any atom is 0.332 e. The van der Waals surface area contributed by atoms with Crippen LogP contribution in [-0.4, -0.2) is 19.6 Å². The van der Waals surface area contributed by atoms with E-state index in [1.165, 1.54) is 24.7 Å². The number of halogens is 2. The zero-order chi connectivity index (χ0) is 20.7. The minimum atomic E-state index is -0.522. The van der Waals surface area contributed by atoms with Crippen LogP contribution < -0.4 is 20.9 Å². The van der Waals surface area contributed by atoms with Crippen molar-refractivity contribution in [3.8, 4) is 11.3 Å². The van der Waals surface area contributed by atoms with E-state index in [1.807, 2.05) is 35.0 Å². The van der Waals surface area contributed by atoms with Crippen molar-refractivity contribution in [1.29, 1.82) is 0 Å². The van der Waals surface area contributed by atoms with Gasteiger partial charge in [0.15, 0.2) is 5.69 Å². The molecule has 0 bridgehead atoms. The summed E-state index contributed by atoms with van der Waals surface area (Å²) in [7, 11) is 2.87. The second-order valence-electron chi connectivity index (χ2n) is 7.07. The van der Waals surface area contributed by atoms with Gasteiger partial charge in [-0.15, -0.1) is 12.4 Å². The molecule has 8 nitrogen and oxygen atoms in total. The first kappa shape index (κ1) is 21.9. The second kappa shape index (κ2) is 8.49. The van der Waals surface area contributed by atoms with Gasteiger partial charge < -0.3 is 5.11 Å². The molecule has 0 amide bonds. The highest BCUT2D eigenvalue weighted by Gasteiger charge is 2.28. The molecule has 1 aliphatic rings. The van der Waals surface area contributed by atoms with E-state index in [4.69, 9.17) is 11.6 Å². The van der Waals surface area contributed by atoms with Crippen molar-refractivity contribution in [1.82, 2.24) is 13.7 Å². The Bertz CT molecular complexity index is 1240. The fourth-order valence-electron chi connectivity index (χ4n) is 3.63. The van der Waals surface area contributed by atoms with Gasteiger partial charge in [0.1, 0.15) is 18.6 Å². The predicted molar refractivity (Wildman–Crippen MR) is 115 cm³/mol. The van der Waals surface area contributed by atoms with Crippen LogP contribution in [-0.2, 0) is 33.6 Å². The third-order valence-electron chi connectivity index (χ3n) is 5.18. The largest absolute Gasteiger partial charge is 0.859 e. The van der Waals surface area contributed by atoms with Crippen LogP contribution >= 0.6 is 24.0 Å². The lowest BCUT2D eigenvalue weighted by Crippen LogP contribution is -2.44. The standard InChI is InChI=1S/C20H20ClN5O3.ClH/c1-23-16(10-19(28)24(2)20(23)29)22-17(27)12-25-11-15(26-9-3-4-18(25)26)13-5-7-14(21)8-6-13;/h5-8,10-11H,3-4,9,12H2,1-2H3;1H. The molecular formula is C20H21Cl2N5O3. The number of aliphatic imine (C=N–C) groups is 1. The van der Waals surface area contributed by atoms with E-state index in [2.05, 4.69) is 9.56 Å². The molecule has 10 heteroatoms. The van der Waals surface area contributed by atoms with E-state index in [-0.39, 0.29) is 24.8 Å². The molecule has 1 aromatic carbocycles. The highest BCUT2D eigenvalue weighted by atomic mass is 35.5. The Morgan fingerprint density at radius 1 is 1.20 bits per heavy atom. The zero-order valence-corrected chi connectivity index (χ0v) is 18.1. The van der Waals surface area contributed by atoms with Crippen molar-refractivity contribution in [2.45, 2.75) is 25.9 Å². The number of aromatic nitrogens is 4. The monoisotopic (exact) mass is 449 g/mol. The number of fused-ring (bicyclic) bond motifs is 1. The van der Waals surface area contributed by atoms with Crippen molar-refractivity contribution in [3.63, 3.8) is 0 Å². The van der Waals surface area contributed by atoms with Gasteiger partial charge in [0.05, 0.1) is 13.0 Å². The quantitative estimate of drug-likeness (QED) is 0.337. The minimum Gasteiger partial charge on any atom is -0.859 e. The number of hydrogen-bond donors (Lipinski definition) is 0. The van der Waals surface area contributed by atoms with Gasteiger partial charge in [-0.1, -0.05) is 11.6 Å². The number of hydrogen-bond acceptors (Lipinski definition) is 4. The molecule has 0 unspecified atom stereocenters. The summed E-state index contributed by atoms with van der Waals surface area (Å²) in [6.45, 7) is 0.918. The smallest absolute Gasteiger partial charge is 0.332 e. The van der Waals surface area contributed by atoms with Crippen molar-refractivity contribution in [3.05, 3.63) is 68.2 Å². The molecule has 0 radical (unpaired) electrons. The maximum atomic E-state index is 12.6. The number of benzene rings is 1. The van der Waals surface area contributed by atoms with Crippen LogP contribution in [0.3, 0.4) is 0 Å². The normalized spacial score (nSPS) is 13.2. The van der Waals surface area contributed by atoms with E-state index in [9.17, 15) is 14.7 Å². The minimum absolute atomic E-state index is 0. The van der Waals surface area contributed by atoms with Crippen LogP contribution in [0.2, 0.25) is 5.02 Å². The molecule has 0 fully saturated rings. The Labute approximate surface area is 183 Å². The van der Waals surface area contributed by atoms with Gasteiger partial charge in [-0.2, -0.15) is 0 Å². The lowest BCUT2D eigenvalue weighted by atomic mass is 10.2. The molecule has 1 aliphatic heterocycles. The van der Waals surface area contributed by atoms with Crippen molar-refractivity contribution >= 4 is 35.7 Å². The summed E-state index contributed by atoms with van der Waals surface area (Å²) in [6.07, 6.45) is 3.81. The number of rotatable bonds is 4. The van der Waals surface area contributed by atoms with Crippen LogP contribution in [0.15, 0.2) is 51.1 Å². The summed E-state index contributed by atoms with van der Waals surface area (Å²) in [6, 6.07) is 8.78. The summed E-state index contributed by atoms with van der Waals surface area (Å²) in [4.78, 5) is 27.9. The van der Waals surface area contributed by atoms with Gasteiger partial charge in [0.2, 0.25) is 0 Å². The van der Waals surface area contributed by atoms with Crippen LogP contribution in [0.5, 0.6) is 0 Å². The van der Waals surface area contributed by atoms with E-state index >= 15 is 0 Å². The summed E-state index contributed by atoms with van der Waals surface area (Å²) < 4.78 is 6.25. The van der Waals surface area contributed by atoms with Gasteiger partial charge in [0, 0.05) is 36.6 Å². The first-order valence-corrected chi connectivity index (χ1v) is 9.62. The SMILES string of the molecule is Cl.Cn1c(N=C([O-])C[n+]2cc(-c3ccc(Cl)cc3)n3c2CCC3)cc(=O)n(C)c1=O. The Morgan fingerprint density at radius 2 is 1.90 bits per heavy atom. The summed E-state index contributed by atoms with van der Waals surface area (Å²) in [5, 5.41) is 13.3. The van der Waals surface area contributed by atoms with Gasteiger partial charge in [-0.3, -0.25) is 13.9 Å². The third-order valence-corrected chi connectivity index (χ3v) is 5.43. The molecule has 0 atom stereocenters. The summed E-state index contributed by atoms with van der Waals surface area (Å²) >= 11 is 6.00. The summed E-state index contributed by atoms with van der Waals surface area (Å²) in [5.74, 6) is 0.676. The Hall–Kier alpha value is -2.84. The van der Waals surface area contributed by atoms with E-state index < -0.39 is 17.1 Å². The molecule has 158 valence electrons.